The van der Waals surface area contributed by atoms with Gasteiger partial charge in [-0.05, 0) is 25.0 Å². The number of carboxylic acids is 1. The van der Waals surface area contributed by atoms with Crippen molar-refractivity contribution >= 4 is 23.5 Å². The van der Waals surface area contributed by atoms with Gasteiger partial charge in [0, 0.05) is 12.1 Å². The van der Waals surface area contributed by atoms with Crippen molar-refractivity contribution in [1.82, 2.24) is 4.90 Å². The third-order valence-electron chi connectivity index (χ3n) is 2.96. The topological polar surface area (TPSA) is 76.1 Å². The fraction of sp³-hybridized carbons (Fsp3) is 0.500. The molecule has 23 heavy (non-hydrogen) atoms. The second-order valence-electron chi connectivity index (χ2n) is 5.40. The Hall–Kier alpha value is -1.95. The maximum absolute atomic E-state index is 12.6. The molecule has 7 heteroatoms. The Kier molecular flexibility index (Phi) is 7.16. The van der Waals surface area contributed by atoms with Crippen molar-refractivity contribution in [3.8, 4) is 11.5 Å². The van der Waals surface area contributed by atoms with Gasteiger partial charge in [0.2, 0.25) is 0 Å². The number of aliphatic carboxylic acids is 1. The molecule has 0 aliphatic carbocycles. The highest BCUT2D eigenvalue weighted by Crippen LogP contribution is 2.36. The van der Waals surface area contributed by atoms with E-state index in [0.29, 0.717) is 24.7 Å². The van der Waals surface area contributed by atoms with Crippen LogP contribution in [-0.4, -0.2) is 48.7 Å². The van der Waals surface area contributed by atoms with Crippen LogP contribution in [0, 0.1) is 5.92 Å². The zero-order chi connectivity index (χ0) is 17.6. The van der Waals surface area contributed by atoms with Crippen molar-refractivity contribution in [3.63, 3.8) is 0 Å². The van der Waals surface area contributed by atoms with Crippen molar-refractivity contribution < 1.29 is 24.2 Å². The zero-order valence-electron chi connectivity index (χ0n) is 13.8. The summed E-state index contributed by atoms with van der Waals surface area (Å²) in [6.07, 6.45) is 0. The summed E-state index contributed by atoms with van der Waals surface area (Å²) in [7, 11) is 1.45. The zero-order valence-corrected chi connectivity index (χ0v) is 14.5. The van der Waals surface area contributed by atoms with E-state index in [4.69, 9.17) is 26.2 Å². The third kappa shape index (κ3) is 5.32. The van der Waals surface area contributed by atoms with Gasteiger partial charge in [-0.1, -0.05) is 25.4 Å². The van der Waals surface area contributed by atoms with Crippen molar-refractivity contribution in [3.05, 3.63) is 22.7 Å². The van der Waals surface area contributed by atoms with Crippen molar-refractivity contribution in [2.45, 2.75) is 20.8 Å². The van der Waals surface area contributed by atoms with Gasteiger partial charge in [0.25, 0.3) is 5.91 Å². The fourth-order valence-electron chi connectivity index (χ4n) is 2.13. The van der Waals surface area contributed by atoms with Crippen LogP contribution in [-0.2, 0) is 4.79 Å². The lowest BCUT2D eigenvalue weighted by molar-refractivity contribution is -0.137. The number of nitrogens with zero attached hydrogens (tertiary/aromatic N) is 1. The summed E-state index contributed by atoms with van der Waals surface area (Å²) in [5.74, 6) is -0.643. The van der Waals surface area contributed by atoms with Gasteiger partial charge >= 0.3 is 5.97 Å². The highest BCUT2D eigenvalue weighted by Gasteiger charge is 2.22. The molecule has 6 nitrogen and oxygen atoms in total. The summed E-state index contributed by atoms with van der Waals surface area (Å²) in [6.45, 7) is 6.00. The number of rotatable bonds is 8. The number of amides is 1. The molecule has 0 bridgehead atoms. The van der Waals surface area contributed by atoms with E-state index in [2.05, 4.69) is 0 Å². The number of hydrogen-bond donors (Lipinski definition) is 1. The number of benzene rings is 1. The van der Waals surface area contributed by atoms with Crippen LogP contribution >= 0.6 is 11.6 Å². The van der Waals surface area contributed by atoms with Crippen LogP contribution in [0.5, 0.6) is 11.5 Å². The highest BCUT2D eigenvalue weighted by molar-refractivity contribution is 6.32. The Morgan fingerprint density at radius 1 is 1.35 bits per heavy atom. The molecule has 0 aliphatic rings. The van der Waals surface area contributed by atoms with E-state index in [-0.39, 0.29) is 23.0 Å². The Bertz CT molecular complexity index is 574. The maximum Gasteiger partial charge on any atom is 0.323 e. The normalized spacial score (nSPS) is 10.5. The van der Waals surface area contributed by atoms with Crippen molar-refractivity contribution in [2.24, 2.45) is 5.92 Å². The van der Waals surface area contributed by atoms with Gasteiger partial charge in [-0.3, -0.25) is 9.59 Å². The molecule has 0 heterocycles. The number of hydrogen-bond acceptors (Lipinski definition) is 4. The van der Waals surface area contributed by atoms with Crippen LogP contribution in [0.4, 0.5) is 0 Å². The number of ether oxygens (including phenoxy) is 2. The Labute approximate surface area is 140 Å². The summed E-state index contributed by atoms with van der Waals surface area (Å²) in [4.78, 5) is 24.9. The van der Waals surface area contributed by atoms with Crippen molar-refractivity contribution in [2.75, 3.05) is 26.8 Å². The molecule has 0 saturated carbocycles. The molecule has 1 N–H and O–H groups in total. The first kappa shape index (κ1) is 19.1. The third-order valence-corrected chi connectivity index (χ3v) is 3.24. The first-order valence-corrected chi connectivity index (χ1v) is 7.69. The molecular formula is C16H22ClNO5. The Balaban J connectivity index is 3.18. The van der Waals surface area contributed by atoms with Gasteiger partial charge in [0.1, 0.15) is 6.54 Å². The molecule has 128 valence electrons. The fourth-order valence-corrected chi connectivity index (χ4v) is 2.40. The quantitative estimate of drug-likeness (QED) is 0.785. The second kappa shape index (κ2) is 8.62. The summed E-state index contributed by atoms with van der Waals surface area (Å²) in [5, 5.41) is 9.24. The lowest BCUT2D eigenvalue weighted by atomic mass is 10.1. The van der Waals surface area contributed by atoms with E-state index in [1.807, 2.05) is 20.8 Å². The SMILES string of the molecule is CCOc1c(Cl)cc(C(=O)N(CC(=O)O)CC(C)C)cc1OC. The van der Waals surface area contributed by atoms with Crippen LogP contribution in [0.1, 0.15) is 31.1 Å². The summed E-state index contributed by atoms with van der Waals surface area (Å²) in [6, 6.07) is 2.97. The number of carboxylic acid groups (broad SMARTS) is 1. The van der Waals surface area contributed by atoms with Crippen LogP contribution in [0.3, 0.4) is 0 Å². The molecule has 0 unspecified atom stereocenters. The first-order valence-electron chi connectivity index (χ1n) is 7.31. The van der Waals surface area contributed by atoms with E-state index in [0.717, 1.165) is 0 Å². The van der Waals surface area contributed by atoms with Gasteiger partial charge in [0.05, 0.1) is 18.7 Å². The molecule has 0 aliphatic heterocycles. The maximum atomic E-state index is 12.6. The van der Waals surface area contributed by atoms with E-state index in [9.17, 15) is 9.59 Å². The molecule has 1 amide bonds. The lowest BCUT2D eigenvalue weighted by Crippen LogP contribution is -2.38. The standard InChI is InChI=1S/C16H22ClNO5/c1-5-23-15-12(17)6-11(7-13(15)22-4)16(21)18(8-10(2)3)9-14(19)20/h6-7,10H,5,8-9H2,1-4H3,(H,19,20). The first-order chi connectivity index (χ1) is 10.8. The highest BCUT2D eigenvalue weighted by atomic mass is 35.5. The molecule has 0 aromatic heterocycles. The van der Waals surface area contributed by atoms with E-state index in [1.54, 1.807) is 0 Å². The smallest absolute Gasteiger partial charge is 0.323 e. The molecule has 0 spiro atoms. The monoisotopic (exact) mass is 343 g/mol. The van der Waals surface area contributed by atoms with Gasteiger partial charge in [0.15, 0.2) is 11.5 Å². The van der Waals surface area contributed by atoms with Gasteiger partial charge in [-0.25, -0.2) is 0 Å². The molecule has 0 saturated heterocycles. The molecule has 1 aromatic carbocycles. The molecule has 1 rings (SSSR count). The molecule has 0 atom stereocenters. The average molecular weight is 344 g/mol. The van der Waals surface area contributed by atoms with Crippen molar-refractivity contribution in [1.29, 1.82) is 0 Å². The second-order valence-corrected chi connectivity index (χ2v) is 5.80. The predicted molar refractivity (Wildman–Crippen MR) is 87.6 cm³/mol. The molecular weight excluding hydrogens is 322 g/mol. The largest absolute Gasteiger partial charge is 0.493 e. The minimum absolute atomic E-state index is 0.137. The van der Waals surface area contributed by atoms with Crippen LogP contribution < -0.4 is 9.47 Å². The number of carbonyl (C=O) groups excluding carboxylic acids is 1. The van der Waals surface area contributed by atoms with Gasteiger partial charge in [-0.15, -0.1) is 0 Å². The average Bonchev–Trinajstić information content (AvgIpc) is 2.46. The Morgan fingerprint density at radius 3 is 2.48 bits per heavy atom. The number of carbonyl (C=O) groups is 2. The number of halogens is 1. The van der Waals surface area contributed by atoms with E-state index in [1.165, 1.54) is 24.1 Å². The van der Waals surface area contributed by atoms with E-state index >= 15 is 0 Å². The van der Waals surface area contributed by atoms with Crippen LogP contribution in [0.15, 0.2) is 12.1 Å². The minimum Gasteiger partial charge on any atom is -0.493 e. The van der Waals surface area contributed by atoms with Crippen LogP contribution in [0.2, 0.25) is 5.02 Å². The molecule has 0 fully saturated rings. The Morgan fingerprint density at radius 2 is 2.00 bits per heavy atom. The van der Waals surface area contributed by atoms with Gasteiger partial charge in [-0.2, -0.15) is 0 Å². The summed E-state index contributed by atoms with van der Waals surface area (Å²) < 4.78 is 10.6. The summed E-state index contributed by atoms with van der Waals surface area (Å²) in [5.41, 5.74) is 0.261. The van der Waals surface area contributed by atoms with Gasteiger partial charge < -0.3 is 19.5 Å². The minimum atomic E-state index is -1.07. The number of methoxy groups -OCH3 is 1. The molecule has 1 aromatic rings. The summed E-state index contributed by atoms with van der Waals surface area (Å²) >= 11 is 6.16. The predicted octanol–water partition coefficient (Wildman–Crippen LogP) is 2.93. The van der Waals surface area contributed by atoms with E-state index < -0.39 is 11.9 Å². The van der Waals surface area contributed by atoms with Crippen LogP contribution in [0.25, 0.3) is 0 Å². The lowest BCUT2D eigenvalue weighted by Gasteiger charge is -2.23. The molecule has 0 radical (unpaired) electrons.